The van der Waals surface area contributed by atoms with Crippen LogP contribution in [0.2, 0.25) is 0 Å². The third kappa shape index (κ3) is 9.79. The normalized spacial score (nSPS) is 9.22. The maximum absolute atomic E-state index is 10.4. The van der Waals surface area contributed by atoms with E-state index in [9.17, 15) is 4.57 Å². The van der Waals surface area contributed by atoms with Gasteiger partial charge in [-0.05, 0) is 13.8 Å². The maximum atomic E-state index is 10.4. The van der Waals surface area contributed by atoms with E-state index in [4.69, 9.17) is 0 Å². The molecule has 0 N–H and O–H groups in total. The van der Waals surface area contributed by atoms with E-state index in [0.29, 0.717) is 13.2 Å². The topological polar surface area (TPSA) is 35.5 Å². The molecule has 52 valence electrons. The molecule has 0 aromatic rings. The summed E-state index contributed by atoms with van der Waals surface area (Å²) in [5.41, 5.74) is 0. The molecule has 0 amide bonds. The fourth-order valence-electron chi connectivity index (χ4n) is 0.277. The van der Waals surface area contributed by atoms with Gasteiger partial charge >= 0.3 is 59.6 Å². The second-order valence-electron chi connectivity index (χ2n) is 1.12. The molecule has 5 heteroatoms. The van der Waals surface area contributed by atoms with E-state index >= 15 is 0 Å². The first-order valence-electron chi connectivity index (χ1n) is 2.60. The zero-order valence-electron chi connectivity index (χ0n) is 5.14. The van der Waals surface area contributed by atoms with Gasteiger partial charge in [0.15, 0.2) is 0 Å². The first-order valence-corrected chi connectivity index (χ1v) is 3.83. The summed E-state index contributed by atoms with van der Waals surface area (Å²) in [5.74, 6) is 0. The summed E-state index contributed by atoms with van der Waals surface area (Å²) in [4.78, 5) is 0. The summed E-state index contributed by atoms with van der Waals surface area (Å²) in [6.07, 6.45) is 0. The second-order valence-corrected chi connectivity index (χ2v) is 2.19. The Hall–Kier alpha value is 1.79. The van der Waals surface area contributed by atoms with Gasteiger partial charge in [-0.2, -0.15) is 0 Å². The van der Waals surface area contributed by atoms with E-state index in [-0.39, 0.29) is 51.4 Å². The molecule has 0 atom stereocenters. The predicted molar refractivity (Wildman–Crippen MR) is 39.4 cm³/mol. The molecule has 0 fully saturated rings. The first kappa shape index (κ1) is 13.4. The molecule has 3 nitrogen and oxygen atoms in total. The van der Waals surface area contributed by atoms with Crippen LogP contribution in [0.15, 0.2) is 0 Å². The van der Waals surface area contributed by atoms with Crippen molar-refractivity contribution in [1.29, 1.82) is 0 Å². The molecule has 0 aromatic carbocycles. The van der Waals surface area contributed by atoms with Crippen LogP contribution < -0.4 is 0 Å². The Kier molecular flexibility index (Phi) is 14.6. The molecule has 0 rings (SSSR count). The number of rotatable bonds is 4. The van der Waals surface area contributed by atoms with E-state index in [1.165, 1.54) is 0 Å². The van der Waals surface area contributed by atoms with E-state index in [1.54, 1.807) is 13.8 Å². The van der Waals surface area contributed by atoms with Crippen LogP contribution in [0.3, 0.4) is 0 Å². The monoisotopic (exact) mass is 178 g/mol. The summed E-state index contributed by atoms with van der Waals surface area (Å²) in [5, 5.41) is 0. The number of hydrogen-bond acceptors (Lipinski definition) is 3. The Morgan fingerprint density at radius 1 is 1.22 bits per heavy atom. The molecule has 0 aliphatic heterocycles. The van der Waals surface area contributed by atoms with Crippen LogP contribution in [0.25, 0.3) is 0 Å². The molecule has 0 bridgehead atoms. The van der Waals surface area contributed by atoms with Crippen molar-refractivity contribution in [1.82, 2.24) is 0 Å². The third-order valence-corrected chi connectivity index (χ3v) is 1.57. The zero-order valence-corrected chi connectivity index (χ0v) is 6.14. The Balaban J connectivity index is 0. The van der Waals surface area contributed by atoms with Crippen molar-refractivity contribution in [3.63, 3.8) is 0 Å². The molecule has 0 aromatic heterocycles. The summed E-state index contributed by atoms with van der Waals surface area (Å²) in [6.45, 7) is 4.47. The average molecular weight is 178 g/mol. The van der Waals surface area contributed by atoms with Crippen molar-refractivity contribution < 1.29 is 13.6 Å². The van der Waals surface area contributed by atoms with Gasteiger partial charge < -0.3 is 9.05 Å². The zero-order chi connectivity index (χ0) is 6.41. The average Bonchev–Trinajstić information content (AvgIpc) is 1.68. The number of hydrogen-bond donors (Lipinski definition) is 0. The van der Waals surface area contributed by atoms with Crippen LogP contribution in [0.5, 0.6) is 0 Å². The Bertz CT molecular complexity index is 70.2. The van der Waals surface area contributed by atoms with Gasteiger partial charge in [-0.3, -0.25) is 4.57 Å². The summed E-state index contributed by atoms with van der Waals surface area (Å²) >= 11 is 0. The molecule has 0 saturated carbocycles. The molecular formula is C4H12KO3P. The third-order valence-electron chi connectivity index (χ3n) is 0.524. The van der Waals surface area contributed by atoms with Crippen LogP contribution in [-0.4, -0.2) is 64.6 Å². The standard InChI is InChI=1S/C4H11O3P.K.H/c1-3-6-8(5)7-4-2;;/h8H,3-4H2,1-2H3;;. The van der Waals surface area contributed by atoms with Crippen molar-refractivity contribution in [3.05, 3.63) is 0 Å². The Morgan fingerprint density at radius 2 is 1.56 bits per heavy atom. The molecule has 0 saturated heterocycles. The fourth-order valence-corrected chi connectivity index (χ4v) is 0.832. The molecule has 0 unspecified atom stereocenters. The minimum absolute atomic E-state index is 0. The second kappa shape index (κ2) is 9.79. The van der Waals surface area contributed by atoms with Gasteiger partial charge in [0.25, 0.3) is 0 Å². The van der Waals surface area contributed by atoms with Crippen LogP contribution in [0, 0.1) is 0 Å². The van der Waals surface area contributed by atoms with Crippen molar-refractivity contribution in [2.45, 2.75) is 13.8 Å². The van der Waals surface area contributed by atoms with Gasteiger partial charge in [0, 0.05) is 0 Å². The minimum atomic E-state index is -2.14. The van der Waals surface area contributed by atoms with Crippen molar-refractivity contribution in [3.8, 4) is 0 Å². The molecule has 0 aliphatic rings. The molecule has 0 heterocycles. The molecule has 0 radical (unpaired) electrons. The quantitative estimate of drug-likeness (QED) is 0.472. The van der Waals surface area contributed by atoms with E-state index in [1.807, 2.05) is 0 Å². The van der Waals surface area contributed by atoms with Crippen molar-refractivity contribution in [2.75, 3.05) is 13.2 Å². The van der Waals surface area contributed by atoms with Crippen molar-refractivity contribution >= 4 is 59.6 Å². The van der Waals surface area contributed by atoms with Crippen molar-refractivity contribution in [2.24, 2.45) is 0 Å². The fraction of sp³-hybridized carbons (Fsp3) is 1.00. The van der Waals surface area contributed by atoms with Gasteiger partial charge in [0.1, 0.15) is 0 Å². The Morgan fingerprint density at radius 3 is 1.78 bits per heavy atom. The van der Waals surface area contributed by atoms with E-state index < -0.39 is 8.25 Å². The predicted octanol–water partition coefficient (Wildman–Crippen LogP) is 0.801. The molecular weight excluding hydrogens is 166 g/mol. The molecule has 0 spiro atoms. The Labute approximate surface area is 98.9 Å². The molecule has 9 heavy (non-hydrogen) atoms. The van der Waals surface area contributed by atoms with Crippen LogP contribution in [0.4, 0.5) is 0 Å². The molecule has 0 aliphatic carbocycles. The summed E-state index contributed by atoms with van der Waals surface area (Å²) < 4.78 is 19.6. The van der Waals surface area contributed by atoms with Gasteiger partial charge in [0.2, 0.25) is 0 Å². The van der Waals surface area contributed by atoms with Gasteiger partial charge in [-0.15, -0.1) is 0 Å². The first-order chi connectivity index (χ1) is 3.81. The van der Waals surface area contributed by atoms with E-state index in [2.05, 4.69) is 9.05 Å². The van der Waals surface area contributed by atoms with Crippen LogP contribution in [-0.2, 0) is 13.6 Å². The van der Waals surface area contributed by atoms with Gasteiger partial charge in [-0.25, -0.2) is 0 Å². The van der Waals surface area contributed by atoms with Gasteiger partial charge in [0.05, 0.1) is 13.2 Å². The SMILES string of the molecule is CCO[PH](=O)OCC.[KH]. The van der Waals surface area contributed by atoms with Crippen LogP contribution in [0.1, 0.15) is 13.8 Å². The summed E-state index contributed by atoms with van der Waals surface area (Å²) in [6, 6.07) is 0. The summed E-state index contributed by atoms with van der Waals surface area (Å²) in [7, 11) is -2.14. The van der Waals surface area contributed by atoms with Gasteiger partial charge in [-0.1, -0.05) is 0 Å². The van der Waals surface area contributed by atoms with E-state index in [0.717, 1.165) is 0 Å². The van der Waals surface area contributed by atoms with Crippen LogP contribution >= 0.6 is 8.25 Å².